The second-order valence-corrected chi connectivity index (χ2v) is 6.18. The molecular weight excluding hydrogens is 347 g/mol. The SMILES string of the molecule is CCn1ccnc(N2CCC(Nc3cc(C(F)(F)F)ccn3)CC2)c1=O. The molecule has 1 aliphatic heterocycles. The molecule has 0 radical (unpaired) electrons. The third kappa shape index (κ3) is 3.97. The highest BCUT2D eigenvalue weighted by atomic mass is 19.4. The second-order valence-electron chi connectivity index (χ2n) is 6.18. The maximum absolute atomic E-state index is 12.8. The normalized spacial score (nSPS) is 15.9. The quantitative estimate of drug-likeness (QED) is 0.900. The highest BCUT2D eigenvalue weighted by Crippen LogP contribution is 2.30. The molecule has 140 valence electrons. The summed E-state index contributed by atoms with van der Waals surface area (Å²) in [6, 6.07) is 1.97. The van der Waals surface area contributed by atoms with E-state index in [1.807, 2.05) is 11.8 Å². The van der Waals surface area contributed by atoms with Crippen LogP contribution in [0, 0.1) is 0 Å². The fraction of sp³-hybridized carbons (Fsp3) is 0.471. The lowest BCUT2D eigenvalue weighted by molar-refractivity contribution is -0.137. The number of piperidine rings is 1. The van der Waals surface area contributed by atoms with Crippen LogP contribution in [0.4, 0.5) is 24.8 Å². The van der Waals surface area contributed by atoms with Crippen molar-refractivity contribution in [3.63, 3.8) is 0 Å². The van der Waals surface area contributed by atoms with E-state index in [4.69, 9.17) is 0 Å². The Morgan fingerprint density at radius 3 is 2.62 bits per heavy atom. The summed E-state index contributed by atoms with van der Waals surface area (Å²) in [7, 11) is 0. The maximum atomic E-state index is 12.8. The van der Waals surface area contributed by atoms with E-state index in [1.54, 1.807) is 17.0 Å². The molecule has 1 N–H and O–H groups in total. The van der Waals surface area contributed by atoms with E-state index < -0.39 is 11.7 Å². The molecule has 0 amide bonds. The number of alkyl halides is 3. The standard InChI is InChI=1S/C17H20F3N5O/c1-2-24-10-7-22-15(16(24)26)25-8-4-13(5-9-25)23-14-11-12(3-6-21-14)17(18,19)20/h3,6-7,10-11,13H,2,4-5,8-9H2,1H3,(H,21,23). The van der Waals surface area contributed by atoms with Crippen LogP contribution in [0.2, 0.25) is 0 Å². The largest absolute Gasteiger partial charge is 0.416 e. The van der Waals surface area contributed by atoms with Crippen LogP contribution in [-0.4, -0.2) is 33.7 Å². The van der Waals surface area contributed by atoms with Crippen LogP contribution in [0.5, 0.6) is 0 Å². The number of hydrogen-bond donors (Lipinski definition) is 1. The van der Waals surface area contributed by atoms with Gasteiger partial charge >= 0.3 is 6.18 Å². The number of pyridine rings is 1. The second kappa shape index (κ2) is 7.35. The van der Waals surface area contributed by atoms with E-state index in [0.717, 1.165) is 18.3 Å². The first-order valence-electron chi connectivity index (χ1n) is 8.48. The minimum Gasteiger partial charge on any atom is -0.367 e. The van der Waals surface area contributed by atoms with Crippen molar-refractivity contribution in [3.05, 3.63) is 46.6 Å². The van der Waals surface area contributed by atoms with Gasteiger partial charge in [-0.2, -0.15) is 13.2 Å². The van der Waals surface area contributed by atoms with Crippen LogP contribution < -0.4 is 15.8 Å². The minimum atomic E-state index is -4.39. The molecule has 0 bridgehead atoms. The van der Waals surface area contributed by atoms with Gasteiger partial charge in [-0.05, 0) is 31.9 Å². The van der Waals surface area contributed by atoms with Crippen molar-refractivity contribution in [2.45, 2.75) is 38.5 Å². The molecule has 0 atom stereocenters. The van der Waals surface area contributed by atoms with E-state index in [-0.39, 0.29) is 17.4 Å². The number of nitrogens with zero attached hydrogens (tertiary/aromatic N) is 4. The van der Waals surface area contributed by atoms with Gasteiger partial charge in [-0.25, -0.2) is 9.97 Å². The van der Waals surface area contributed by atoms with Crippen LogP contribution in [0.15, 0.2) is 35.5 Å². The zero-order valence-electron chi connectivity index (χ0n) is 14.3. The van der Waals surface area contributed by atoms with E-state index in [1.165, 1.54) is 0 Å². The molecule has 9 heteroatoms. The third-order valence-corrected chi connectivity index (χ3v) is 4.47. The average molecular weight is 367 g/mol. The Bertz CT molecular complexity index is 813. The lowest BCUT2D eigenvalue weighted by Gasteiger charge is -2.33. The number of anilines is 2. The Balaban J connectivity index is 1.64. The molecule has 1 fully saturated rings. The zero-order valence-corrected chi connectivity index (χ0v) is 14.3. The highest BCUT2D eigenvalue weighted by Gasteiger charge is 2.31. The van der Waals surface area contributed by atoms with E-state index >= 15 is 0 Å². The summed E-state index contributed by atoms with van der Waals surface area (Å²) in [6.07, 6.45) is 1.39. The monoisotopic (exact) mass is 367 g/mol. The Kier molecular flexibility index (Phi) is 5.15. The number of aromatic nitrogens is 3. The van der Waals surface area contributed by atoms with Crippen LogP contribution in [0.1, 0.15) is 25.3 Å². The molecule has 0 aliphatic carbocycles. The Morgan fingerprint density at radius 2 is 1.96 bits per heavy atom. The molecule has 26 heavy (non-hydrogen) atoms. The zero-order chi connectivity index (χ0) is 18.7. The first-order chi connectivity index (χ1) is 12.4. The number of nitrogens with one attached hydrogen (secondary N) is 1. The van der Waals surface area contributed by atoms with Crippen LogP contribution in [0.25, 0.3) is 0 Å². The fourth-order valence-corrected chi connectivity index (χ4v) is 3.03. The summed E-state index contributed by atoms with van der Waals surface area (Å²) in [5.41, 5.74) is -0.845. The van der Waals surface area contributed by atoms with Gasteiger partial charge in [0.2, 0.25) is 0 Å². The number of halogens is 3. The summed E-state index contributed by atoms with van der Waals surface area (Å²) in [5.74, 6) is 0.634. The highest BCUT2D eigenvalue weighted by molar-refractivity contribution is 5.41. The predicted molar refractivity (Wildman–Crippen MR) is 92.3 cm³/mol. The summed E-state index contributed by atoms with van der Waals surface area (Å²) < 4.78 is 39.9. The van der Waals surface area contributed by atoms with Crippen molar-refractivity contribution in [1.82, 2.24) is 14.5 Å². The van der Waals surface area contributed by atoms with E-state index in [9.17, 15) is 18.0 Å². The smallest absolute Gasteiger partial charge is 0.367 e. The molecule has 2 aromatic rings. The van der Waals surface area contributed by atoms with Gasteiger partial charge in [-0.15, -0.1) is 0 Å². The molecule has 1 saturated heterocycles. The van der Waals surface area contributed by atoms with Crippen molar-refractivity contribution < 1.29 is 13.2 Å². The minimum absolute atomic E-state index is 0.000605. The van der Waals surface area contributed by atoms with Gasteiger partial charge < -0.3 is 14.8 Å². The van der Waals surface area contributed by atoms with Gasteiger partial charge in [0.15, 0.2) is 5.82 Å². The molecule has 0 aromatic carbocycles. The van der Waals surface area contributed by atoms with Gasteiger partial charge in [-0.3, -0.25) is 4.79 Å². The van der Waals surface area contributed by atoms with Crippen LogP contribution in [-0.2, 0) is 12.7 Å². The van der Waals surface area contributed by atoms with Crippen LogP contribution >= 0.6 is 0 Å². The first kappa shape index (κ1) is 18.2. The van der Waals surface area contributed by atoms with Crippen molar-refractivity contribution >= 4 is 11.6 Å². The average Bonchev–Trinajstić information content (AvgIpc) is 2.62. The lowest BCUT2D eigenvalue weighted by Crippen LogP contribution is -2.42. The maximum Gasteiger partial charge on any atom is 0.416 e. The fourth-order valence-electron chi connectivity index (χ4n) is 3.03. The molecular formula is C17H20F3N5O. The Labute approximate surface area is 148 Å². The van der Waals surface area contributed by atoms with Crippen molar-refractivity contribution in [2.24, 2.45) is 0 Å². The lowest BCUT2D eigenvalue weighted by atomic mass is 10.0. The van der Waals surface area contributed by atoms with Gasteiger partial charge in [0.1, 0.15) is 5.82 Å². The molecule has 0 saturated carbocycles. The van der Waals surface area contributed by atoms with Crippen molar-refractivity contribution in [1.29, 1.82) is 0 Å². The predicted octanol–water partition coefficient (Wildman–Crippen LogP) is 2.76. The Hall–Kier alpha value is -2.58. The van der Waals surface area contributed by atoms with Crippen LogP contribution in [0.3, 0.4) is 0 Å². The molecule has 2 aromatic heterocycles. The van der Waals surface area contributed by atoms with Gasteiger partial charge in [0.05, 0.1) is 5.56 Å². The van der Waals surface area contributed by atoms with Crippen molar-refractivity contribution in [3.8, 4) is 0 Å². The van der Waals surface area contributed by atoms with Gasteiger partial charge in [0.25, 0.3) is 5.56 Å². The first-order valence-corrected chi connectivity index (χ1v) is 8.48. The molecule has 3 rings (SSSR count). The molecule has 3 heterocycles. The van der Waals surface area contributed by atoms with Crippen molar-refractivity contribution in [2.75, 3.05) is 23.3 Å². The number of hydrogen-bond acceptors (Lipinski definition) is 5. The molecule has 0 unspecified atom stereocenters. The van der Waals surface area contributed by atoms with E-state index in [0.29, 0.717) is 38.3 Å². The molecule has 1 aliphatic rings. The van der Waals surface area contributed by atoms with E-state index in [2.05, 4.69) is 15.3 Å². The summed E-state index contributed by atoms with van der Waals surface area (Å²) in [4.78, 5) is 22.4. The topological polar surface area (TPSA) is 63.1 Å². The van der Waals surface area contributed by atoms with Gasteiger partial charge in [-0.1, -0.05) is 0 Å². The third-order valence-electron chi connectivity index (χ3n) is 4.47. The Morgan fingerprint density at radius 1 is 1.23 bits per heavy atom. The molecule has 0 spiro atoms. The number of aryl methyl sites for hydroxylation is 1. The number of rotatable bonds is 4. The summed E-state index contributed by atoms with van der Waals surface area (Å²) in [6.45, 7) is 3.68. The summed E-state index contributed by atoms with van der Waals surface area (Å²) in [5, 5.41) is 3.06. The summed E-state index contributed by atoms with van der Waals surface area (Å²) >= 11 is 0. The molecule has 6 nitrogen and oxygen atoms in total. The van der Waals surface area contributed by atoms with Gasteiger partial charge in [0, 0.05) is 44.3 Å².